The maximum Gasteiger partial charge on any atom is 0.225 e. The molecule has 0 unspecified atom stereocenters. The minimum Gasteiger partial charge on any atom is -0.326 e. The lowest BCUT2D eigenvalue weighted by atomic mass is 10.1. The molecule has 26 heavy (non-hydrogen) atoms. The van der Waals surface area contributed by atoms with Gasteiger partial charge in [0.2, 0.25) is 15.9 Å². The van der Waals surface area contributed by atoms with Gasteiger partial charge in [0.15, 0.2) is 0 Å². The molecule has 0 radical (unpaired) electrons. The highest BCUT2D eigenvalue weighted by Gasteiger charge is 2.18. The lowest BCUT2D eigenvalue weighted by Gasteiger charge is -2.20. The Hall–Kier alpha value is -2.25. The van der Waals surface area contributed by atoms with Crippen LogP contribution in [0, 0.1) is 12.7 Å². The van der Waals surface area contributed by atoms with Gasteiger partial charge in [0.25, 0.3) is 0 Å². The van der Waals surface area contributed by atoms with Gasteiger partial charge in [-0.1, -0.05) is 30.3 Å². The molecule has 0 spiro atoms. The van der Waals surface area contributed by atoms with Crippen molar-refractivity contribution in [3.8, 4) is 0 Å². The van der Waals surface area contributed by atoms with Crippen molar-refractivity contribution in [1.29, 1.82) is 0 Å². The van der Waals surface area contributed by atoms with Crippen molar-refractivity contribution < 1.29 is 17.6 Å². The maximum atomic E-state index is 13.7. The van der Waals surface area contributed by atoms with Gasteiger partial charge in [-0.2, -0.15) is 0 Å². The number of sulfonamides is 1. The Morgan fingerprint density at radius 2 is 1.85 bits per heavy atom. The van der Waals surface area contributed by atoms with E-state index in [0.717, 1.165) is 11.8 Å². The molecule has 0 aliphatic heterocycles. The van der Waals surface area contributed by atoms with Crippen molar-refractivity contribution in [3.63, 3.8) is 0 Å². The second-order valence-corrected chi connectivity index (χ2v) is 8.15. The van der Waals surface area contributed by atoms with E-state index in [-0.39, 0.29) is 37.7 Å². The van der Waals surface area contributed by atoms with Gasteiger partial charge in [-0.05, 0) is 42.7 Å². The van der Waals surface area contributed by atoms with Crippen LogP contribution in [-0.4, -0.2) is 38.0 Å². The SMILES string of the molecule is Cc1cccc(NC(=O)CCN(CCc2ccccc2F)S(C)(=O)=O)c1. The van der Waals surface area contributed by atoms with Crippen LogP contribution in [0.4, 0.5) is 10.1 Å². The Kier molecular flexibility index (Phi) is 6.88. The van der Waals surface area contributed by atoms with Crippen LogP contribution in [0.25, 0.3) is 0 Å². The zero-order valence-electron chi connectivity index (χ0n) is 14.9. The Balaban J connectivity index is 1.93. The molecule has 0 aliphatic rings. The van der Waals surface area contributed by atoms with Crippen LogP contribution < -0.4 is 5.32 Å². The standard InChI is InChI=1S/C19H23FN2O3S/c1-15-6-5-8-17(14-15)21-19(23)11-13-22(26(2,24)25)12-10-16-7-3-4-9-18(16)20/h3-9,14H,10-13H2,1-2H3,(H,21,23). The molecule has 0 heterocycles. The fraction of sp³-hybridized carbons (Fsp3) is 0.316. The number of carbonyl (C=O) groups excluding carboxylic acids is 1. The van der Waals surface area contributed by atoms with Crippen molar-refractivity contribution in [2.24, 2.45) is 0 Å². The summed E-state index contributed by atoms with van der Waals surface area (Å²) >= 11 is 0. The highest BCUT2D eigenvalue weighted by molar-refractivity contribution is 7.88. The summed E-state index contributed by atoms with van der Waals surface area (Å²) < 4.78 is 38.8. The Morgan fingerprint density at radius 1 is 1.12 bits per heavy atom. The third kappa shape index (κ3) is 6.24. The maximum absolute atomic E-state index is 13.7. The van der Waals surface area contributed by atoms with Crippen molar-refractivity contribution >= 4 is 21.6 Å². The predicted molar refractivity (Wildman–Crippen MR) is 101 cm³/mol. The summed E-state index contributed by atoms with van der Waals surface area (Å²) in [6.07, 6.45) is 1.37. The number of carbonyl (C=O) groups is 1. The second-order valence-electron chi connectivity index (χ2n) is 6.17. The molecule has 0 aromatic heterocycles. The number of aryl methyl sites for hydroxylation is 1. The fourth-order valence-electron chi connectivity index (χ4n) is 2.56. The monoisotopic (exact) mass is 378 g/mol. The molecule has 1 amide bonds. The Morgan fingerprint density at radius 3 is 2.50 bits per heavy atom. The van der Waals surface area contributed by atoms with E-state index >= 15 is 0 Å². The number of anilines is 1. The van der Waals surface area contributed by atoms with Gasteiger partial charge in [0.05, 0.1) is 6.26 Å². The molecule has 0 saturated heterocycles. The molecule has 0 saturated carbocycles. The number of nitrogens with one attached hydrogen (secondary N) is 1. The van der Waals surface area contributed by atoms with Crippen LogP contribution >= 0.6 is 0 Å². The third-order valence-electron chi connectivity index (χ3n) is 3.95. The van der Waals surface area contributed by atoms with Gasteiger partial charge in [-0.15, -0.1) is 0 Å². The molecule has 0 aliphatic carbocycles. The first kappa shape index (κ1) is 20.1. The first-order valence-electron chi connectivity index (χ1n) is 8.31. The van der Waals surface area contributed by atoms with Crippen LogP contribution in [-0.2, 0) is 21.2 Å². The average Bonchev–Trinajstić information content (AvgIpc) is 2.55. The van der Waals surface area contributed by atoms with E-state index in [0.29, 0.717) is 11.3 Å². The largest absolute Gasteiger partial charge is 0.326 e. The molecule has 5 nitrogen and oxygen atoms in total. The molecular formula is C19H23FN2O3S. The quantitative estimate of drug-likeness (QED) is 0.768. The van der Waals surface area contributed by atoms with Crippen molar-refractivity contribution in [2.75, 3.05) is 24.7 Å². The smallest absolute Gasteiger partial charge is 0.225 e. The molecule has 2 aromatic carbocycles. The summed E-state index contributed by atoms with van der Waals surface area (Å²) in [6, 6.07) is 13.6. The molecule has 1 N–H and O–H groups in total. The van der Waals surface area contributed by atoms with Gasteiger partial charge < -0.3 is 5.32 Å². The molecule has 0 atom stereocenters. The van der Waals surface area contributed by atoms with E-state index in [2.05, 4.69) is 5.32 Å². The molecule has 0 bridgehead atoms. The van der Waals surface area contributed by atoms with E-state index in [9.17, 15) is 17.6 Å². The number of rotatable bonds is 8. The topological polar surface area (TPSA) is 66.5 Å². The summed E-state index contributed by atoms with van der Waals surface area (Å²) in [6.45, 7) is 2.09. The van der Waals surface area contributed by atoms with E-state index in [1.54, 1.807) is 24.3 Å². The third-order valence-corrected chi connectivity index (χ3v) is 5.25. The Bertz CT molecular complexity index is 869. The van der Waals surface area contributed by atoms with Gasteiger partial charge in [-0.25, -0.2) is 17.1 Å². The van der Waals surface area contributed by atoms with Crippen LogP contribution in [0.2, 0.25) is 0 Å². The van der Waals surface area contributed by atoms with Crippen LogP contribution in [0.3, 0.4) is 0 Å². The van der Waals surface area contributed by atoms with Crippen molar-refractivity contribution in [3.05, 3.63) is 65.5 Å². The first-order chi connectivity index (χ1) is 12.3. The normalized spacial score (nSPS) is 11.5. The lowest BCUT2D eigenvalue weighted by molar-refractivity contribution is -0.116. The van der Waals surface area contributed by atoms with Crippen LogP contribution in [0.1, 0.15) is 17.5 Å². The van der Waals surface area contributed by atoms with Crippen molar-refractivity contribution in [2.45, 2.75) is 19.8 Å². The van der Waals surface area contributed by atoms with Crippen LogP contribution in [0.5, 0.6) is 0 Å². The minimum absolute atomic E-state index is 0.0261. The predicted octanol–water partition coefficient (Wildman–Crippen LogP) is 2.97. The molecule has 140 valence electrons. The van der Waals surface area contributed by atoms with Gasteiger partial charge >= 0.3 is 0 Å². The van der Waals surface area contributed by atoms with E-state index in [1.165, 1.54) is 10.4 Å². The van der Waals surface area contributed by atoms with E-state index < -0.39 is 10.0 Å². The number of hydrogen-bond donors (Lipinski definition) is 1. The first-order valence-corrected chi connectivity index (χ1v) is 10.2. The average molecular weight is 378 g/mol. The van der Waals surface area contributed by atoms with E-state index in [4.69, 9.17) is 0 Å². The molecule has 0 fully saturated rings. The number of hydrogen-bond acceptors (Lipinski definition) is 3. The summed E-state index contributed by atoms with van der Waals surface area (Å²) in [7, 11) is -3.49. The fourth-order valence-corrected chi connectivity index (χ4v) is 3.41. The number of amides is 1. The minimum atomic E-state index is -3.49. The van der Waals surface area contributed by atoms with Crippen molar-refractivity contribution in [1.82, 2.24) is 4.31 Å². The number of nitrogens with zero attached hydrogens (tertiary/aromatic N) is 1. The molecular weight excluding hydrogens is 355 g/mol. The van der Waals surface area contributed by atoms with Gasteiger partial charge in [0, 0.05) is 25.2 Å². The van der Waals surface area contributed by atoms with Gasteiger partial charge in [-0.3, -0.25) is 4.79 Å². The highest BCUT2D eigenvalue weighted by Crippen LogP contribution is 2.12. The summed E-state index contributed by atoms with van der Waals surface area (Å²) in [5, 5.41) is 2.75. The van der Waals surface area contributed by atoms with E-state index in [1.807, 2.05) is 25.1 Å². The lowest BCUT2D eigenvalue weighted by Crippen LogP contribution is -2.34. The number of halogens is 1. The molecule has 2 rings (SSSR count). The highest BCUT2D eigenvalue weighted by atomic mass is 32.2. The Labute approximate surface area is 153 Å². The summed E-state index contributed by atoms with van der Waals surface area (Å²) in [5.74, 6) is -0.631. The van der Waals surface area contributed by atoms with Crippen LogP contribution in [0.15, 0.2) is 48.5 Å². The molecule has 7 heteroatoms. The second kappa shape index (κ2) is 8.91. The molecule has 2 aromatic rings. The number of benzene rings is 2. The van der Waals surface area contributed by atoms with Gasteiger partial charge in [0.1, 0.15) is 5.82 Å². The summed E-state index contributed by atoms with van der Waals surface area (Å²) in [5.41, 5.74) is 2.14. The zero-order chi connectivity index (χ0) is 19.2. The summed E-state index contributed by atoms with van der Waals surface area (Å²) in [4.78, 5) is 12.1. The zero-order valence-corrected chi connectivity index (χ0v) is 15.7.